The molecule has 0 bridgehead atoms. The molecule has 6 nitrogen and oxygen atoms in total. The minimum Gasteiger partial charge on any atom is -0.493 e. The van der Waals surface area contributed by atoms with Gasteiger partial charge in [-0.25, -0.2) is 0 Å². The van der Waals surface area contributed by atoms with Gasteiger partial charge in [-0.1, -0.05) is 30.3 Å². The predicted molar refractivity (Wildman–Crippen MR) is 115 cm³/mol. The Bertz CT molecular complexity index is 946. The minimum atomic E-state index is -0.183. The van der Waals surface area contributed by atoms with Crippen molar-refractivity contribution in [3.63, 3.8) is 0 Å². The van der Waals surface area contributed by atoms with Crippen LogP contribution in [0, 0.1) is 0 Å². The van der Waals surface area contributed by atoms with Gasteiger partial charge in [0.15, 0.2) is 17.1 Å². The lowest BCUT2D eigenvalue weighted by atomic mass is 10.2. The van der Waals surface area contributed by atoms with Crippen molar-refractivity contribution in [1.29, 1.82) is 0 Å². The first-order valence-corrected chi connectivity index (χ1v) is 10.1. The van der Waals surface area contributed by atoms with E-state index < -0.39 is 0 Å². The SMILES string of the molecule is COc1cccc2cc(C(=O)NCCCN3CCN(c4ccccc4)CC3)oc12. The van der Waals surface area contributed by atoms with E-state index >= 15 is 0 Å². The third kappa shape index (κ3) is 4.54. The molecule has 4 rings (SSSR count). The highest BCUT2D eigenvalue weighted by Gasteiger charge is 2.17. The molecule has 1 N–H and O–H groups in total. The zero-order valence-electron chi connectivity index (χ0n) is 16.8. The van der Waals surface area contributed by atoms with E-state index in [0.29, 0.717) is 23.6 Å². The zero-order valence-corrected chi connectivity index (χ0v) is 16.8. The Morgan fingerprint density at radius 1 is 1.07 bits per heavy atom. The highest BCUT2D eigenvalue weighted by atomic mass is 16.5. The topological polar surface area (TPSA) is 58.0 Å². The van der Waals surface area contributed by atoms with Gasteiger partial charge in [0, 0.05) is 43.8 Å². The number of nitrogens with one attached hydrogen (secondary N) is 1. The van der Waals surface area contributed by atoms with Gasteiger partial charge in [-0.2, -0.15) is 0 Å². The maximum atomic E-state index is 12.4. The molecule has 0 radical (unpaired) electrons. The Hall–Kier alpha value is -2.99. The molecule has 0 spiro atoms. The Kier molecular flexibility index (Phi) is 6.00. The van der Waals surface area contributed by atoms with Crippen LogP contribution in [0.15, 0.2) is 59.0 Å². The van der Waals surface area contributed by atoms with E-state index in [9.17, 15) is 4.79 Å². The number of anilines is 1. The van der Waals surface area contributed by atoms with Crippen LogP contribution >= 0.6 is 0 Å². The van der Waals surface area contributed by atoms with Crippen LogP contribution in [-0.2, 0) is 0 Å². The summed E-state index contributed by atoms with van der Waals surface area (Å²) < 4.78 is 11.0. The van der Waals surface area contributed by atoms with Crippen molar-refractivity contribution < 1.29 is 13.9 Å². The van der Waals surface area contributed by atoms with Crippen LogP contribution in [0.2, 0.25) is 0 Å². The summed E-state index contributed by atoms with van der Waals surface area (Å²) in [6.45, 7) is 5.79. The van der Waals surface area contributed by atoms with E-state index in [4.69, 9.17) is 9.15 Å². The van der Waals surface area contributed by atoms with Gasteiger partial charge >= 0.3 is 0 Å². The molecule has 0 unspecified atom stereocenters. The van der Waals surface area contributed by atoms with Crippen molar-refractivity contribution in [2.75, 3.05) is 51.3 Å². The number of amides is 1. The normalized spacial score (nSPS) is 14.9. The number of furan rings is 1. The van der Waals surface area contributed by atoms with Gasteiger partial charge in [-0.05, 0) is 37.2 Å². The molecule has 3 aromatic rings. The number of piperazine rings is 1. The molecule has 1 fully saturated rings. The van der Waals surface area contributed by atoms with Crippen molar-refractivity contribution in [1.82, 2.24) is 10.2 Å². The lowest BCUT2D eigenvalue weighted by Crippen LogP contribution is -2.47. The van der Waals surface area contributed by atoms with Crippen molar-refractivity contribution in [2.24, 2.45) is 0 Å². The average molecular weight is 393 g/mol. The van der Waals surface area contributed by atoms with Gasteiger partial charge in [0.05, 0.1) is 7.11 Å². The van der Waals surface area contributed by atoms with Crippen LogP contribution in [0.3, 0.4) is 0 Å². The fourth-order valence-corrected chi connectivity index (χ4v) is 3.77. The molecule has 29 heavy (non-hydrogen) atoms. The Morgan fingerprint density at radius 3 is 2.62 bits per heavy atom. The standard InChI is InChI=1S/C23H27N3O3/c1-28-20-10-5-7-18-17-21(29-22(18)20)23(27)24-11-6-12-25-13-15-26(16-14-25)19-8-3-2-4-9-19/h2-5,7-10,17H,6,11-16H2,1H3,(H,24,27). The van der Waals surface area contributed by atoms with Crippen molar-refractivity contribution >= 4 is 22.6 Å². The van der Waals surface area contributed by atoms with Gasteiger partial charge in [-0.3, -0.25) is 9.69 Å². The van der Waals surface area contributed by atoms with Gasteiger partial charge in [0.25, 0.3) is 5.91 Å². The van der Waals surface area contributed by atoms with Crippen LogP contribution in [0.5, 0.6) is 5.75 Å². The molecule has 1 amide bonds. The van der Waals surface area contributed by atoms with Crippen molar-refractivity contribution in [3.05, 3.63) is 60.4 Å². The molecular formula is C23H27N3O3. The lowest BCUT2D eigenvalue weighted by Gasteiger charge is -2.36. The smallest absolute Gasteiger partial charge is 0.287 e. The summed E-state index contributed by atoms with van der Waals surface area (Å²) in [6, 6.07) is 17.9. The Balaban J connectivity index is 1.21. The molecule has 1 aliphatic heterocycles. The molecule has 1 aliphatic rings. The summed E-state index contributed by atoms with van der Waals surface area (Å²) >= 11 is 0. The molecular weight excluding hydrogens is 366 g/mol. The number of carbonyl (C=O) groups excluding carboxylic acids is 1. The number of fused-ring (bicyclic) bond motifs is 1. The van der Waals surface area contributed by atoms with Gasteiger partial charge in [0.2, 0.25) is 0 Å². The van der Waals surface area contributed by atoms with Gasteiger partial charge in [-0.15, -0.1) is 0 Å². The van der Waals surface area contributed by atoms with Crippen LogP contribution in [0.4, 0.5) is 5.69 Å². The van der Waals surface area contributed by atoms with E-state index in [1.54, 1.807) is 13.2 Å². The van der Waals surface area contributed by atoms with Crippen LogP contribution in [0.1, 0.15) is 17.0 Å². The summed E-state index contributed by atoms with van der Waals surface area (Å²) in [7, 11) is 1.59. The average Bonchev–Trinajstić information content (AvgIpc) is 3.22. The molecule has 6 heteroatoms. The summed E-state index contributed by atoms with van der Waals surface area (Å²) in [5.41, 5.74) is 1.90. The minimum absolute atomic E-state index is 0.183. The molecule has 2 aromatic carbocycles. The second kappa shape index (κ2) is 9.01. The van der Waals surface area contributed by atoms with Crippen LogP contribution < -0.4 is 15.0 Å². The van der Waals surface area contributed by atoms with E-state index in [1.165, 1.54) is 5.69 Å². The third-order valence-corrected chi connectivity index (χ3v) is 5.38. The number of hydrogen-bond donors (Lipinski definition) is 1. The number of nitrogens with zero attached hydrogens (tertiary/aromatic N) is 2. The van der Waals surface area contributed by atoms with Crippen LogP contribution in [0.25, 0.3) is 11.0 Å². The largest absolute Gasteiger partial charge is 0.493 e. The quantitative estimate of drug-likeness (QED) is 0.624. The lowest BCUT2D eigenvalue weighted by molar-refractivity contribution is 0.0926. The maximum Gasteiger partial charge on any atom is 0.287 e. The molecule has 2 heterocycles. The van der Waals surface area contributed by atoms with Crippen LogP contribution in [-0.4, -0.2) is 57.2 Å². The molecule has 0 saturated carbocycles. The maximum absolute atomic E-state index is 12.4. The molecule has 1 aromatic heterocycles. The summed E-state index contributed by atoms with van der Waals surface area (Å²) in [4.78, 5) is 17.3. The molecule has 0 atom stereocenters. The summed E-state index contributed by atoms with van der Waals surface area (Å²) in [5, 5.41) is 3.83. The Morgan fingerprint density at radius 2 is 1.86 bits per heavy atom. The van der Waals surface area contributed by atoms with E-state index in [0.717, 1.165) is 44.5 Å². The van der Waals surface area contributed by atoms with Crippen molar-refractivity contribution in [2.45, 2.75) is 6.42 Å². The highest BCUT2D eigenvalue weighted by molar-refractivity contribution is 5.97. The second-order valence-corrected chi connectivity index (χ2v) is 7.26. The number of carbonyl (C=O) groups is 1. The van der Waals surface area contributed by atoms with Gasteiger partial charge < -0.3 is 19.4 Å². The van der Waals surface area contributed by atoms with Crippen molar-refractivity contribution in [3.8, 4) is 5.75 Å². The predicted octanol–water partition coefficient (Wildman–Crippen LogP) is 3.38. The number of methoxy groups -OCH3 is 1. The summed E-state index contributed by atoms with van der Waals surface area (Å²) in [6.07, 6.45) is 0.917. The van der Waals surface area contributed by atoms with E-state index in [1.807, 2.05) is 18.2 Å². The first-order valence-electron chi connectivity index (χ1n) is 10.1. The zero-order chi connectivity index (χ0) is 20.1. The summed E-state index contributed by atoms with van der Waals surface area (Å²) in [5.74, 6) is 0.773. The number of rotatable bonds is 7. The first kappa shape index (κ1) is 19.3. The molecule has 152 valence electrons. The van der Waals surface area contributed by atoms with E-state index in [2.05, 4.69) is 45.4 Å². The monoisotopic (exact) mass is 393 g/mol. The fourth-order valence-electron chi connectivity index (χ4n) is 3.77. The highest BCUT2D eigenvalue weighted by Crippen LogP contribution is 2.28. The first-order chi connectivity index (χ1) is 14.2. The third-order valence-electron chi connectivity index (χ3n) is 5.38. The number of hydrogen-bond acceptors (Lipinski definition) is 5. The number of ether oxygens (including phenoxy) is 1. The van der Waals surface area contributed by atoms with Gasteiger partial charge in [0.1, 0.15) is 0 Å². The molecule has 1 saturated heterocycles. The number of benzene rings is 2. The number of para-hydroxylation sites is 2. The second-order valence-electron chi connectivity index (χ2n) is 7.26. The fraction of sp³-hybridized carbons (Fsp3) is 0.348. The molecule has 0 aliphatic carbocycles. The van der Waals surface area contributed by atoms with E-state index in [-0.39, 0.29) is 5.91 Å². The Labute approximate surface area is 171 Å².